The molecule has 0 saturated carbocycles. The molecule has 1 aromatic heterocycles. The average molecular weight is 404 g/mol. The lowest BCUT2D eigenvalue weighted by molar-refractivity contribution is 0.0959. The number of hydrogen-bond donors (Lipinski definition) is 2. The molecule has 1 amide bonds. The number of rotatable bonds is 3. The number of hydrogen-bond acceptors (Lipinski definition) is 4. The SMILES string of the molecule is O=C(NN=Cc1ccc(Br)cc1O)c1ccc(Br)s1. The molecule has 19 heavy (non-hydrogen) atoms. The molecule has 0 bridgehead atoms. The Kier molecular flexibility index (Phi) is 4.73. The lowest BCUT2D eigenvalue weighted by Crippen LogP contribution is -2.16. The van der Waals surface area contributed by atoms with Crippen LogP contribution < -0.4 is 5.43 Å². The van der Waals surface area contributed by atoms with Crippen LogP contribution in [0.4, 0.5) is 0 Å². The number of nitrogens with zero attached hydrogens (tertiary/aromatic N) is 1. The summed E-state index contributed by atoms with van der Waals surface area (Å²) in [6, 6.07) is 8.52. The summed E-state index contributed by atoms with van der Waals surface area (Å²) in [6.45, 7) is 0. The predicted octanol–water partition coefficient (Wildman–Crippen LogP) is 3.74. The number of aromatic hydroxyl groups is 1. The van der Waals surface area contributed by atoms with Crippen molar-refractivity contribution in [3.8, 4) is 5.75 Å². The zero-order valence-electron chi connectivity index (χ0n) is 9.43. The fourth-order valence-electron chi connectivity index (χ4n) is 1.28. The molecule has 0 aliphatic carbocycles. The summed E-state index contributed by atoms with van der Waals surface area (Å²) in [5, 5.41) is 13.4. The van der Waals surface area contributed by atoms with Crippen molar-refractivity contribution in [2.75, 3.05) is 0 Å². The van der Waals surface area contributed by atoms with E-state index in [-0.39, 0.29) is 11.7 Å². The minimum Gasteiger partial charge on any atom is -0.507 e. The topological polar surface area (TPSA) is 61.7 Å². The van der Waals surface area contributed by atoms with E-state index < -0.39 is 0 Å². The van der Waals surface area contributed by atoms with Gasteiger partial charge in [-0.25, -0.2) is 5.43 Å². The summed E-state index contributed by atoms with van der Waals surface area (Å²) < 4.78 is 1.65. The van der Waals surface area contributed by atoms with Gasteiger partial charge < -0.3 is 5.11 Å². The molecule has 98 valence electrons. The smallest absolute Gasteiger partial charge is 0.281 e. The van der Waals surface area contributed by atoms with Crippen LogP contribution in [-0.4, -0.2) is 17.2 Å². The number of phenolic OH excluding ortho intramolecular Hbond substituents is 1. The maximum atomic E-state index is 11.7. The van der Waals surface area contributed by atoms with Crippen LogP contribution in [0.25, 0.3) is 0 Å². The first-order chi connectivity index (χ1) is 9.06. The molecule has 0 fully saturated rings. The summed E-state index contributed by atoms with van der Waals surface area (Å²) in [7, 11) is 0. The third kappa shape index (κ3) is 3.89. The predicted molar refractivity (Wildman–Crippen MR) is 82.9 cm³/mol. The third-order valence-electron chi connectivity index (χ3n) is 2.16. The zero-order chi connectivity index (χ0) is 13.8. The van der Waals surface area contributed by atoms with Gasteiger partial charge in [0.15, 0.2) is 0 Å². The van der Waals surface area contributed by atoms with E-state index in [0.29, 0.717) is 10.4 Å². The fraction of sp³-hybridized carbons (Fsp3) is 0. The van der Waals surface area contributed by atoms with Crippen LogP contribution in [0.15, 0.2) is 43.7 Å². The minimum absolute atomic E-state index is 0.0891. The number of thiophene rings is 1. The van der Waals surface area contributed by atoms with Crippen molar-refractivity contribution < 1.29 is 9.90 Å². The van der Waals surface area contributed by atoms with Gasteiger partial charge in [-0.1, -0.05) is 15.9 Å². The molecule has 0 atom stereocenters. The van der Waals surface area contributed by atoms with Crippen LogP contribution in [-0.2, 0) is 0 Å². The van der Waals surface area contributed by atoms with Crippen LogP contribution >= 0.6 is 43.2 Å². The molecule has 0 saturated heterocycles. The van der Waals surface area contributed by atoms with Crippen molar-refractivity contribution in [2.24, 2.45) is 5.10 Å². The molecule has 4 nitrogen and oxygen atoms in total. The first-order valence-corrected chi connectivity index (χ1v) is 7.54. The Morgan fingerprint density at radius 1 is 1.32 bits per heavy atom. The van der Waals surface area contributed by atoms with E-state index in [0.717, 1.165) is 8.26 Å². The van der Waals surface area contributed by atoms with Crippen LogP contribution in [0.5, 0.6) is 5.75 Å². The second kappa shape index (κ2) is 6.31. The maximum absolute atomic E-state index is 11.7. The van der Waals surface area contributed by atoms with Gasteiger partial charge in [0.25, 0.3) is 5.91 Å². The number of carbonyl (C=O) groups is 1. The van der Waals surface area contributed by atoms with E-state index in [1.807, 2.05) is 0 Å². The third-order valence-corrected chi connectivity index (χ3v) is 4.27. The first-order valence-electron chi connectivity index (χ1n) is 5.13. The summed E-state index contributed by atoms with van der Waals surface area (Å²) in [5.74, 6) is -0.199. The van der Waals surface area contributed by atoms with Crippen LogP contribution in [0.1, 0.15) is 15.2 Å². The number of halogens is 2. The quantitative estimate of drug-likeness (QED) is 0.605. The number of amides is 1. The van der Waals surface area contributed by atoms with Gasteiger partial charge in [-0.3, -0.25) is 4.79 Å². The van der Waals surface area contributed by atoms with Crippen molar-refractivity contribution in [3.63, 3.8) is 0 Å². The molecular weight excluding hydrogens is 396 g/mol. The number of nitrogens with one attached hydrogen (secondary N) is 1. The number of carbonyl (C=O) groups excluding carboxylic acids is 1. The monoisotopic (exact) mass is 402 g/mol. The Hall–Kier alpha value is -1.18. The molecule has 0 aliphatic rings. The zero-order valence-corrected chi connectivity index (χ0v) is 13.4. The highest BCUT2D eigenvalue weighted by molar-refractivity contribution is 9.11. The Balaban J connectivity index is 2.02. The van der Waals surface area contributed by atoms with Gasteiger partial charge in [-0.15, -0.1) is 11.3 Å². The molecule has 7 heteroatoms. The summed E-state index contributed by atoms with van der Waals surface area (Å²) in [4.78, 5) is 12.2. The first kappa shape index (κ1) is 14.2. The summed E-state index contributed by atoms with van der Waals surface area (Å²) in [6.07, 6.45) is 1.39. The largest absolute Gasteiger partial charge is 0.507 e. The Bertz CT molecular complexity index is 640. The van der Waals surface area contributed by atoms with Gasteiger partial charge in [0.2, 0.25) is 0 Å². The molecule has 0 spiro atoms. The minimum atomic E-state index is -0.288. The highest BCUT2D eigenvalue weighted by atomic mass is 79.9. The maximum Gasteiger partial charge on any atom is 0.281 e. The lowest BCUT2D eigenvalue weighted by Gasteiger charge is -1.99. The molecule has 2 rings (SSSR count). The van der Waals surface area contributed by atoms with Crippen molar-refractivity contribution in [3.05, 3.63) is 49.0 Å². The van der Waals surface area contributed by atoms with Gasteiger partial charge in [0, 0.05) is 10.0 Å². The molecular formula is C12H8Br2N2O2S. The standard InChI is InChI=1S/C12H8Br2N2O2S/c13-8-2-1-7(9(17)5-8)6-15-16-12(18)10-3-4-11(14)19-10/h1-6,17H,(H,16,18). The van der Waals surface area contributed by atoms with E-state index in [4.69, 9.17) is 0 Å². The van der Waals surface area contributed by atoms with Crippen LogP contribution in [0.3, 0.4) is 0 Å². The van der Waals surface area contributed by atoms with E-state index >= 15 is 0 Å². The number of hydrazone groups is 1. The lowest BCUT2D eigenvalue weighted by atomic mass is 10.2. The van der Waals surface area contributed by atoms with E-state index in [2.05, 4.69) is 42.4 Å². The number of phenols is 1. The molecule has 2 aromatic rings. The van der Waals surface area contributed by atoms with Gasteiger partial charge in [0.1, 0.15) is 5.75 Å². The summed E-state index contributed by atoms with van der Waals surface area (Å²) in [5.41, 5.74) is 2.92. The van der Waals surface area contributed by atoms with E-state index in [9.17, 15) is 9.90 Å². The Morgan fingerprint density at radius 2 is 2.11 bits per heavy atom. The average Bonchev–Trinajstić information content (AvgIpc) is 2.78. The number of benzene rings is 1. The second-order valence-electron chi connectivity index (χ2n) is 3.51. The van der Waals surface area contributed by atoms with Gasteiger partial charge in [-0.05, 0) is 46.3 Å². The van der Waals surface area contributed by atoms with Crippen molar-refractivity contribution in [2.45, 2.75) is 0 Å². The van der Waals surface area contributed by atoms with Crippen molar-refractivity contribution >= 4 is 55.3 Å². The highest BCUT2D eigenvalue weighted by Crippen LogP contribution is 2.22. The Morgan fingerprint density at radius 3 is 2.74 bits per heavy atom. The van der Waals surface area contributed by atoms with Gasteiger partial charge >= 0.3 is 0 Å². The fourth-order valence-corrected chi connectivity index (χ4v) is 2.90. The van der Waals surface area contributed by atoms with Gasteiger partial charge in [0.05, 0.1) is 14.9 Å². The summed E-state index contributed by atoms with van der Waals surface area (Å²) >= 11 is 7.85. The van der Waals surface area contributed by atoms with E-state index in [1.165, 1.54) is 17.6 Å². The van der Waals surface area contributed by atoms with Crippen molar-refractivity contribution in [1.29, 1.82) is 0 Å². The molecule has 0 radical (unpaired) electrons. The highest BCUT2D eigenvalue weighted by Gasteiger charge is 2.06. The Labute approximate surface area is 130 Å². The normalized spacial score (nSPS) is 10.8. The molecule has 1 aromatic carbocycles. The van der Waals surface area contributed by atoms with E-state index in [1.54, 1.807) is 30.3 Å². The molecule has 2 N–H and O–H groups in total. The van der Waals surface area contributed by atoms with Crippen LogP contribution in [0.2, 0.25) is 0 Å². The second-order valence-corrected chi connectivity index (χ2v) is 6.88. The van der Waals surface area contributed by atoms with Crippen LogP contribution in [0, 0.1) is 0 Å². The van der Waals surface area contributed by atoms with Crippen molar-refractivity contribution in [1.82, 2.24) is 5.43 Å². The molecule has 1 heterocycles. The van der Waals surface area contributed by atoms with Gasteiger partial charge in [-0.2, -0.15) is 5.10 Å². The molecule has 0 unspecified atom stereocenters. The molecule has 0 aliphatic heterocycles.